The normalized spacial score (nSPS) is 16.6. The molecule has 1 saturated heterocycles. The van der Waals surface area contributed by atoms with Crippen LogP contribution in [-0.4, -0.2) is 42.1 Å². The van der Waals surface area contributed by atoms with Gasteiger partial charge in [0.25, 0.3) is 0 Å². The Hall–Kier alpha value is -1.75. The SMILES string of the molecule is O=C(Cc1cc2[nH]ccc2o1)N1CCOCC1. The second kappa shape index (κ2) is 4.25. The first kappa shape index (κ1) is 10.4. The molecule has 3 heterocycles. The van der Waals surface area contributed by atoms with E-state index in [0.717, 1.165) is 11.1 Å². The summed E-state index contributed by atoms with van der Waals surface area (Å²) in [5.41, 5.74) is 1.74. The predicted octanol–water partition coefficient (Wildman–Crippen LogP) is 1.16. The molecule has 5 heteroatoms. The van der Waals surface area contributed by atoms with E-state index in [1.165, 1.54) is 0 Å². The van der Waals surface area contributed by atoms with Crippen LogP contribution in [-0.2, 0) is 16.0 Å². The molecule has 1 amide bonds. The van der Waals surface area contributed by atoms with Crippen molar-refractivity contribution in [3.8, 4) is 0 Å². The zero-order chi connectivity index (χ0) is 11.7. The molecule has 0 atom stereocenters. The number of carbonyl (C=O) groups excluding carboxylic acids is 1. The van der Waals surface area contributed by atoms with Crippen LogP contribution in [0.5, 0.6) is 0 Å². The van der Waals surface area contributed by atoms with Gasteiger partial charge in [-0.1, -0.05) is 0 Å². The largest absolute Gasteiger partial charge is 0.459 e. The van der Waals surface area contributed by atoms with E-state index in [2.05, 4.69) is 4.98 Å². The highest BCUT2D eigenvalue weighted by atomic mass is 16.5. The highest BCUT2D eigenvalue weighted by Gasteiger charge is 2.18. The number of nitrogens with one attached hydrogen (secondary N) is 1. The van der Waals surface area contributed by atoms with Crippen molar-refractivity contribution in [2.24, 2.45) is 0 Å². The summed E-state index contributed by atoms with van der Waals surface area (Å²) in [4.78, 5) is 16.8. The van der Waals surface area contributed by atoms with Gasteiger partial charge in [0.2, 0.25) is 5.91 Å². The summed E-state index contributed by atoms with van der Waals surface area (Å²) in [6.45, 7) is 2.62. The fourth-order valence-corrected chi connectivity index (χ4v) is 2.06. The fraction of sp³-hybridized carbons (Fsp3) is 0.417. The van der Waals surface area contributed by atoms with Gasteiger partial charge in [-0.05, 0) is 6.07 Å². The smallest absolute Gasteiger partial charge is 0.230 e. The minimum Gasteiger partial charge on any atom is -0.459 e. The second-order valence-corrected chi connectivity index (χ2v) is 4.14. The molecule has 0 aliphatic carbocycles. The Morgan fingerprint density at radius 3 is 3.00 bits per heavy atom. The lowest BCUT2D eigenvalue weighted by Gasteiger charge is -2.26. The van der Waals surface area contributed by atoms with E-state index < -0.39 is 0 Å². The Morgan fingerprint density at radius 1 is 1.41 bits per heavy atom. The average Bonchev–Trinajstić information content (AvgIpc) is 2.90. The second-order valence-electron chi connectivity index (χ2n) is 4.14. The molecule has 0 radical (unpaired) electrons. The Labute approximate surface area is 98.3 Å². The Balaban J connectivity index is 1.69. The number of H-pyrrole nitrogens is 1. The number of amides is 1. The summed E-state index contributed by atoms with van der Waals surface area (Å²) in [6, 6.07) is 3.74. The van der Waals surface area contributed by atoms with Crippen LogP contribution in [0.25, 0.3) is 11.1 Å². The number of nitrogens with zero attached hydrogens (tertiary/aromatic N) is 1. The van der Waals surface area contributed by atoms with Crippen molar-refractivity contribution >= 4 is 17.0 Å². The molecule has 0 unspecified atom stereocenters. The van der Waals surface area contributed by atoms with Gasteiger partial charge in [0.05, 0.1) is 25.2 Å². The van der Waals surface area contributed by atoms with E-state index in [-0.39, 0.29) is 5.91 Å². The van der Waals surface area contributed by atoms with Crippen molar-refractivity contribution in [2.75, 3.05) is 26.3 Å². The third kappa shape index (κ3) is 2.06. The third-order valence-electron chi connectivity index (χ3n) is 2.97. The van der Waals surface area contributed by atoms with Gasteiger partial charge >= 0.3 is 0 Å². The Kier molecular flexibility index (Phi) is 2.60. The quantitative estimate of drug-likeness (QED) is 0.848. The van der Waals surface area contributed by atoms with Crippen LogP contribution in [0, 0.1) is 0 Å². The lowest BCUT2D eigenvalue weighted by Crippen LogP contribution is -2.41. The number of morpholine rings is 1. The number of fused-ring (bicyclic) bond motifs is 1. The first-order valence-corrected chi connectivity index (χ1v) is 5.74. The lowest BCUT2D eigenvalue weighted by atomic mass is 10.2. The van der Waals surface area contributed by atoms with E-state index in [0.29, 0.717) is 38.5 Å². The molecule has 0 saturated carbocycles. The molecule has 2 aromatic heterocycles. The van der Waals surface area contributed by atoms with Crippen molar-refractivity contribution < 1.29 is 13.9 Å². The number of hydrogen-bond donors (Lipinski definition) is 1. The first-order chi connectivity index (χ1) is 8.33. The van der Waals surface area contributed by atoms with Crippen molar-refractivity contribution in [1.82, 2.24) is 9.88 Å². The Morgan fingerprint density at radius 2 is 2.24 bits per heavy atom. The minimum atomic E-state index is 0.102. The summed E-state index contributed by atoms with van der Waals surface area (Å²) in [5, 5.41) is 0. The topological polar surface area (TPSA) is 58.5 Å². The van der Waals surface area contributed by atoms with Crippen molar-refractivity contribution in [3.63, 3.8) is 0 Å². The van der Waals surface area contributed by atoms with Crippen LogP contribution >= 0.6 is 0 Å². The number of carbonyl (C=O) groups is 1. The van der Waals surface area contributed by atoms with E-state index >= 15 is 0 Å². The molecule has 90 valence electrons. The van der Waals surface area contributed by atoms with Gasteiger partial charge in [-0.25, -0.2) is 0 Å². The average molecular weight is 234 g/mol. The summed E-state index contributed by atoms with van der Waals surface area (Å²) < 4.78 is 10.8. The molecule has 1 fully saturated rings. The van der Waals surface area contributed by atoms with E-state index in [4.69, 9.17) is 9.15 Å². The zero-order valence-electron chi connectivity index (χ0n) is 9.44. The summed E-state index contributed by atoms with van der Waals surface area (Å²) in [6.07, 6.45) is 2.14. The third-order valence-corrected chi connectivity index (χ3v) is 2.97. The molecule has 2 aromatic rings. The summed E-state index contributed by atoms with van der Waals surface area (Å²) in [7, 11) is 0. The first-order valence-electron chi connectivity index (χ1n) is 5.74. The van der Waals surface area contributed by atoms with Crippen LogP contribution in [0.4, 0.5) is 0 Å². The van der Waals surface area contributed by atoms with E-state index in [1.807, 2.05) is 23.2 Å². The number of hydrogen-bond acceptors (Lipinski definition) is 3. The molecule has 1 N–H and O–H groups in total. The van der Waals surface area contributed by atoms with Crippen LogP contribution in [0.1, 0.15) is 5.76 Å². The van der Waals surface area contributed by atoms with Gasteiger partial charge < -0.3 is 19.0 Å². The monoisotopic (exact) mass is 234 g/mol. The minimum absolute atomic E-state index is 0.102. The van der Waals surface area contributed by atoms with Gasteiger partial charge in [0, 0.05) is 25.4 Å². The van der Waals surface area contributed by atoms with Crippen LogP contribution in [0.15, 0.2) is 22.7 Å². The van der Waals surface area contributed by atoms with Gasteiger partial charge in [-0.15, -0.1) is 0 Å². The highest BCUT2D eigenvalue weighted by Crippen LogP contribution is 2.18. The molecule has 17 heavy (non-hydrogen) atoms. The van der Waals surface area contributed by atoms with Crippen molar-refractivity contribution in [2.45, 2.75) is 6.42 Å². The lowest BCUT2D eigenvalue weighted by molar-refractivity contribution is -0.134. The molecular weight excluding hydrogens is 220 g/mol. The molecule has 0 aromatic carbocycles. The van der Waals surface area contributed by atoms with Crippen LogP contribution in [0.3, 0.4) is 0 Å². The van der Waals surface area contributed by atoms with Gasteiger partial charge in [0.15, 0.2) is 5.58 Å². The maximum absolute atomic E-state index is 12.0. The van der Waals surface area contributed by atoms with Crippen LogP contribution < -0.4 is 0 Å². The molecule has 0 bridgehead atoms. The number of aromatic amines is 1. The molecule has 5 nitrogen and oxygen atoms in total. The van der Waals surface area contributed by atoms with E-state index in [1.54, 1.807) is 0 Å². The molecular formula is C12H14N2O3. The molecule has 0 spiro atoms. The van der Waals surface area contributed by atoms with Gasteiger partial charge in [-0.3, -0.25) is 4.79 Å². The summed E-state index contributed by atoms with van der Waals surface area (Å²) >= 11 is 0. The zero-order valence-corrected chi connectivity index (χ0v) is 9.44. The van der Waals surface area contributed by atoms with E-state index in [9.17, 15) is 4.79 Å². The van der Waals surface area contributed by atoms with Gasteiger partial charge in [-0.2, -0.15) is 0 Å². The maximum atomic E-state index is 12.0. The predicted molar refractivity (Wildman–Crippen MR) is 61.7 cm³/mol. The number of furan rings is 1. The van der Waals surface area contributed by atoms with Crippen molar-refractivity contribution in [1.29, 1.82) is 0 Å². The summed E-state index contributed by atoms with van der Waals surface area (Å²) in [5.74, 6) is 0.813. The molecule has 1 aliphatic rings. The van der Waals surface area contributed by atoms with Gasteiger partial charge in [0.1, 0.15) is 5.76 Å². The standard InChI is InChI=1S/C12H14N2O3/c15-12(14-3-5-16-6-4-14)8-9-7-10-11(17-9)1-2-13-10/h1-2,7,13H,3-6,8H2. The maximum Gasteiger partial charge on any atom is 0.230 e. The van der Waals surface area contributed by atoms with Crippen molar-refractivity contribution in [3.05, 3.63) is 24.1 Å². The van der Waals surface area contributed by atoms with Crippen LogP contribution in [0.2, 0.25) is 0 Å². The number of ether oxygens (including phenoxy) is 1. The number of rotatable bonds is 2. The Bertz CT molecular complexity index is 494. The molecule has 3 rings (SSSR count). The molecule has 1 aliphatic heterocycles. The fourth-order valence-electron chi connectivity index (χ4n) is 2.06. The highest BCUT2D eigenvalue weighted by molar-refractivity contribution is 5.81. The number of aromatic nitrogens is 1.